The van der Waals surface area contributed by atoms with Gasteiger partial charge in [-0.3, -0.25) is 4.68 Å². The zero-order valence-corrected chi connectivity index (χ0v) is 13.5. The molecule has 1 aliphatic rings. The molecule has 2 heterocycles. The molecule has 2 aromatic rings. The molecule has 1 saturated heterocycles. The summed E-state index contributed by atoms with van der Waals surface area (Å²) in [5.41, 5.74) is 0.871. The highest BCUT2D eigenvalue weighted by Crippen LogP contribution is 2.12. The summed E-state index contributed by atoms with van der Waals surface area (Å²) in [6, 6.07) is 10.4. The summed E-state index contributed by atoms with van der Waals surface area (Å²) >= 11 is 0. The van der Waals surface area contributed by atoms with Crippen LogP contribution in [0.1, 0.15) is 31.4 Å². The second kappa shape index (κ2) is 8.76. The van der Waals surface area contributed by atoms with Crippen LogP contribution in [0.15, 0.2) is 36.5 Å². The van der Waals surface area contributed by atoms with E-state index in [-0.39, 0.29) is 12.4 Å². The fourth-order valence-corrected chi connectivity index (χ4v) is 2.65. The van der Waals surface area contributed by atoms with Gasteiger partial charge in [0.1, 0.15) is 18.1 Å². The van der Waals surface area contributed by atoms with Gasteiger partial charge in [0, 0.05) is 12.6 Å². The molecule has 0 saturated carbocycles. The Kier molecular flexibility index (Phi) is 6.68. The van der Waals surface area contributed by atoms with Crippen molar-refractivity contribution >= 4 is 12.4 Å². The van der Waals surface area contributed by atoms with Crippen LogP contribution in [0.2, 0.25) is 0 Å². The predicted molar refractivity (Wildman–Crippen MR) is 88.3 cm³/mol. The Labute approximate surface area is 137 Å². The first kappa shape index (κ1) is 16.8. The first-order chi connectivity index (χ1) is 10.4. The van der Waals surface area contributed by atoms with Crippen LogP contribution >= 0.6 is 12.4 Å². The van der Waals surface area contributed by atoms with E-state index in [2.05, 4.69) is 15.6 Å². The van der Waals surface area contributed by atoms with Crippen LogP contribution in [0, 0.1) is 0 Å². The van der Waals surface area contributed by atoms with E-state index in [0.29, 0.717) is 12.6 Å². The highest BCUT2D eigenvalue weighted by molar-refractivity contribution is 5.85. The SMILES string of the molecule is Cl.c1ccc(OCc2cn(CCC3CCCCN3)nn2)cc1. The van der Waals surface area contributed by atoms with Gasteiger partial charge < -0.3 is 10.1 Å². The molecule has 22 heavy (non-hydrogen) atoms. The third-order valence-corrected chi connectivity index (χ3v) is 3.84. The van der Waals surface area contributed by atoms with E-state index in [1.54, 1.807) is 0 Å². The van der Waals surface area contributed by atoms with E-state index in [1.165, 1.54) is 19.3 Å². The summed E-state index contributed by atoms with van der Waals surface area (Å²) < 4.78 is 7.59. The maximum Gasteiger partial charge on any atom is 0.134 e. The molecule has 3 rings (SSSR count). The minimum atomic E-state index is 0. The number of nitrogens with one attached hydrogen (secondary N) is 1. The molecule has 6 heteroatoms. The number of hydrogen-bond acceptors (Lipinski definition) is 4. The number of para-hydroxylation sites is 1. The van der Waals surface area contributed by atoms with Gasteiger partial charge in [-0.25, -0.2) is 0 Å². The molecule has 1 N–H and O–H groups in total. The summed E-state index contributed by atoms with van der Waals surface area (Å²) in [4.78, 5) is 0. The minimum absolute atomic E-state index is 0. The molecule has 0 amide bonds. The number of ether oxygens (including phenoxy) is 1. The molecule has 1 unspecified atom stereocenters. The lowest BCUT2D eigenvalue weighted by atomic mass is 10.0. The van der Waals surface area contributed by atoms with Gasteiger partial charge in [-0.15, -0.1) is 17.5 Å². The van der Waals surface area contributed by atoms with E-state index in [9.17, 15) is 0 Å². The second-order valence-corrected chi connectivity index (χ2v) is 5.51. The second-order valence-electron chi connectivity index (χ2n) is 5.51. The quantitative estimate of drug-likeness (QED) is 0.888. The number of piperidine rings is 1. The van der Waals surface area contributed by atoms with Crippen LogP contribution < -0.4 is 10.1 Å². The largest absolute Gasteiger partial charge is 0.487 e. The molecule has 120 valence electrons. The Morgan fingerprint density at radius 3 is 2.86 bits per heavy atom. The first-order valence-corrected chi connectivity index (χ1v) is 7.70. The van der Waals surface area contributed by atoms with E-state index < -0.39 is 0 Å². The van der Waals surface area contributed by atoms with Crippen molar-refractivity contribution < 1.29 is 4.74 Å². The van der Waals surface area contributed by atoms with E-state index >= 15 is 0 Å². The average Bonchev–Trinajstić information content (AvgIpc) is 3.01. The van der Waals surface area contributed by atoms with Crippen LogP contribution in [0.25, 0.3) is 0 Å². The normalized spacial score (nSPS) is 17.7. The molecule has 0 spiro atoms. The summed E-state index contributed by atoms with van der Waals surface area (Å²) in [6.07, 6.45) is 7.01. The molecular weight excluding hydrogens is 300 g/mol. The number of halogens is 1. The summed E-state index contributed by atoms with van der Waals surface area (Å²) in [6.45, 7) is 2.53. The zero-order chi connectivity index (χ0) is 14.3. The third-order valence-electron chi connectivity index (χ3n) is 3.84. The minimum Gasteiger partial charge on any atom is -0.487 e. The standard InChI is InChI=1S/C16H22N4O.ClH/c1-2-7-16(8-3-1)21-13-15-12-20(19-18-15)11-9-14-6-4-5-10-17-14;/h1-3,7-8,12,14,17H,4-6,9-11,13H2;1H. The Morgan fingerprint density at radius 1 is 1.23 bits per heavy atom. The van der Waals surface area contributed by atoms with Gasteiger partial charge in [0.25, 0.3) is 0 Å². The lowest BCUT2D eigenvalue weighted by Crippen LogP contribution is -2.34. The molecule has 1 aliphatic heterocycles. The zero-order valence-electron chi connectivity index (χ0n) is 12.6. The van der Waals surface area contributed by atoms with Crippen LogP contribution in [0.3, 0.4) is 0 Å². The Morgan fingerprint density at radius 2 is 2.09 bits per heavy atom. The van der Waals surface area contributed by atoms with Crippen molar-refractivity contribution in [2.75, 3.05) is 6.54 Å². The molecule has 1 aromatic carbocycles. The van der Waals surface area contributed by atoms with Gasteiger partial charge in [-0.2, -0.15) is 0 Å². The Hall–Kier alpha value is -1.59. The molecular formula is C16H23ClN4O. The highest BCUT2D eigenvalue weighted by atomic mass is 35.5. The van der Waals surface area contributed by atoms with Crippen molar-refractivity contribution in [2.24, 2.45) is 0 Å². The molecule has 1 atom stereocenters. The smallest absolute Gasteiger partial charge is 0.134 e. The van der Waals surface area contributed by atoms with E-state index in [1.807, 2.05) is 41.2 Å². The monoisotopic (exact) mass is 322 g/mol. The number of nitrogens with zero attached hydrogens (tertiary/aromatic N) is 3. The fourth-order valence-electron chi connectivity index (χ4n) is 2.65. The van der Waals surface area contributed by atoms with Gasteiger partial charge in [-0.05, 0) is 37.9 Å². The van der Waals surface area contributed by atoms with Crippen LogP contribution in [0.4, 0.5) is 0 Å². The topological polar surface area (TPSA) is 52.0 Å². The summed E-state index contributed by atoms with van der Waals surface area (Å²) in [5.74, 6) is 0.860. The number of hydrogen-bond donors (Lipinski definition) is 1. The fraction of sp³-hybridized carbons (Fsp3) is 0.500. The van der Waals surface area contributed by atoms with Crippen molar-refractivity contribution in [3.8, 4) is 5.75 Å². The number of aromatic nitrogens is 3. The van der Waals surface area contributed by atoms with Crippen molar-refractivity contribution in [1.29, 1.82) is 0 Å². The summed E-state index contributed by atoms with van der Waals surface area (Å²) in [5, 5.41) is 11.9. The average molecular weight is 323 g/mol. The number of benzene rings is 1. The molecule has 1 fully saturated rings. The maximum absolute atomic E-state index is 5.67. The van der Waals surface area contributed by atoms with Crippen molar-refractivity contribution in [3.05, 3.63) is 42.2 Å². The molecule has 0 radical (unpaired) electrons. The van der Waals surface area contributed by atoms with Gasteiger partial charge in [0.2, 0.25) is 0 Å². The van der Waals surface area contributed by atoms with Crippen molar-refractivity contribution in [1.82, 2.24) is 20.3 Å². The number of rotatable bonds is 6. The van der Waals surface area contributed by atoms with Gasteiger partial charge in [-0.1, -0.05) is 29.8 Å². The highest BCUT2D eigenvalue weighted by Gasteiger charge is 2.12. The van der Waals surface area contributed by atoms with Gasteiger partial charge >= 0.3 is 0 Å². The van der Waals surface area contributed by atoms with Gasteiger partial charge in [0.15, 0.2) is 0 Å². The third kappa shape index (κ3) is 5.00. The Balaban J connectivity index is 0.00000176. The first-order valence-electron chi connectivity index (χ1n) is 7.70. The maximum atomic E-state index is 5.67. The molecule has 0 aliphatic carbocycles. The Bertz CT molecular complexity index is 540. The predicted octanol–water partition coefficient (Wildman–Crippen LogP) is 2.81. The number of aryl methyl sites for hydroxylation is 1. The van der Waals surface area contributed by atoms with Crippen LogP contribution in [-0.4, -0.2) is 27.6 Å². The van der Waals surface area contributed by atoms with Crippen LogP contribution in [0.5, 0.6) is 5.75 Å². The lowest BCUT2D eigenvalue weighted by Gasteiger charge is -2.23. The van der Waals surface area contributed by atoms with Gasteiger partial charge in [0.05, 0.1) is 6.20 Å². The van der Waals surface area contributed by atoms with E-state index in [0.717, 1.165) is 31.0 Å². The van der Waals surface area contributed by atoms with Crippen LogP contribution in [-0.2, 0) is 13.2 Å². The molecule has 1 aromatic heterocycles. The lowest BCUT2D eigenvalue weighted by molar-refractivity contribution is 0.301. The molecule has 0 bridgehead atoms. The molecule has 5 nitrogen and oxygen atoms in total. The van der Waals surface area contributed by atoms with Crippen molar-refractivity contribution in [3.63, 3.8) is 0 Å². The summed E-state index contributed by atoms with van der Waals surface area (Å²) in [7, 11) is 0. The van der Waals surface area contributed by atoms with E-state index in [4.69, 9.17) is 4.74 Å². The van der Waals surface area contributed by atoms with Crippen molar-refractivity contribution in [2.45, 2.75) is 44.9 Å².